The lowest BCUT2D eigenvalue weighted by Gasteiger charge is -2.11. The minimum atomic E-state index is 0.436. The van der Waals surface area contributed by atoms with Crippen molar-refractivity contribution in [1.82, 2.24) is 14.8 Å². The summed E-state index contributed by atoms with van der Waals surface area (Å²) in [5.74, 6) is 2.04. The monoisotopic (exact) mass is 335 g/mol. The molecular weight excluding hydrogens is 314 g/mol. The Bertz CT molecular complexity index is 921. The zero-order valence-electron chi connectivity index (χ0n) is 14.0. The number of nitrogens with zero attached hydrogens (tertiary/aromatic N) is 2. The number of H-pyrrole nitrogens is 1. The molecule has 0 saturated heterocycles. The summed E-state index contributed by atoms with van der Waals surface area (Å²) in [6.07, 6.45) is 2.12. The normalized spacial score (nSPS) is 19.4. The van der Waals surface area contributed by atoms with Crippen LogP contribution in [-0.4, -0.2) is 14.8 Å². The standard InChI is InChI=1S/C20H21N3S/c1-3-14-6-4-5-7-18(14)23-19(21-22-20(23)24)17-12-16(17)15-10-8-13(2)9-11-15/h4-11,16-17H,3,12H2,1-2H3,(H,22,24)/t16-,17+/m0/s1. The van der Waals surface area contributed by atoms with Crippen LogP contribution in [0, 0.1) is 11.7 Å². The van der Waals surface area contributed by atoms with E-state index >= 15 is 0 Å². The highest BCUT2D eigenvalue weighted by Crippen LogP contribution is 2.54. The maximum atomic E-state index is 5.53. The highest BCUT2D eigenvalue weighted by Gasteiger charge is 2.43. The summed E-state index contributed by atoms with van der Waals surface area (Å²) in [5.41, 5.74) is 5.15. The van der Waals surface area contributed by atoms with E-state index in [0.717, 1.165) is 24.4 Å². The molecule has 1 heterocycles. The molecule has 1 fully saturated rings. The summed E-state index contributed by atoms with van der Waals surface area (Å²) >= 11 is 5.53. The summed E-state index contributed by atoms with van der Waals surface area (Å²) < 4.78 is 2.81. The third-order valence-corrected chi connectivity index (χ3v) is 5.21. The maximum absolute atomic E-state index is 5.53. The van der Waals surface area contributed by atoms with Crippen molar-refractivity contribution in [3.63, 3.8) is 0 Å². The molecular formula is C20H21N3S. The van der Waals surface area contributed by atoms with Crippen molar-refractivity contribution in [2.45, 2.75) is 38.5 Å². The molecule has 0 bridgehead atoms. The van der Waals surface area contributed by atoms with Crippen LogP contribution in [0.2, 0.25) is 0 Å². The first-order chi connectivity index (χ1) is 11.7. The molecule has 2 atom stereocenters. The third-order valence-electron chi connectivity index (χ3n) is 4.94. The van der Waals surface area contributed by atoms with Gasteiger partial charge in [-0.3, -0.25) is 9.67 Å². The molecule has 1 N–H and O–H groups in total. The molecule has 4 heteroatoms. The second-order valence-corrected chi connectivity index (χ2v) is 6.95. The molecule has 0 amide bonds. The van der Waals surface area contributed by atoms with Crippen LogP contribution in [0.15, 0.2) is 48.5 Å². The van der Waals surface area contributed by atoms with Gasteiger partial charge >= 0.3 is 0 Å². The van der Waals surface area contributed by atoms with E-state index in [1.54, 1.807) is 0 Å². The number of hydrogen-bond acceptors (Lipinski definition) is 2. The summed E-state index contributed by atoms with van der Waals surface area (Å²) in [6.45, 7) is 4.30. The van der Waals surface area contributed by atoms with E-state index in [-0.39, 0.29) is 0 Å². The molecule has 2 aromatic carbocycles. The SMILES string of the molecule is CCc1ccccc1-n1c([C@@H]2C[C@H]2c2ccc(C)cc2)n[nH]c1=S. The average Bonchev–Trinajstić information content (AvgIpc) is 3.31. The Hall–Kier alpha value is -2.20. The van der Waals surface area contributed by atoms with E-state index < -0.39 is 0 Å². The fourth-order valence-electron chi connectivity index (χ4n) is 3.48. The second-order valence-electron chi connectivity index (χ2n) is 6.56. The van der Waals surface area contributed by atoms with Gasteiger partial charge in [0.2, 0.25) is 0 Å². The van der Waals surface area contributed by atoms with Crippen LogP contribution in [0.25, 0.3) is 5.69 Å². The van der Waals surface area contributed by atoms with Crippen molar-refractivity contribution in [3.8, 4) is 5.69 Å². The van der Waals surface area contributed by atoms with Crippen LogP contribution in [0.5, 0.6) is 0 Å². The van der Waals surface area contributed by atoms with Crippen LogP contribution < -0.4 is 0 Å². The van der Waals surface area contributed by atoms with E-state index in [2.05, 4.69) is 77.1 Å². The number of nitrogens with one attached hydrogen (secondary N) is 1. The first kappa shape index (κ1) is 15.3. The van der Waals surface area contributed by atoms with Gasteiger partial charge in [-0.15, -0.1) is 0 Å². The molecule has 0 spiro atoms. The number of aryl methyl sites for hydroxylation is 2. The molecule has 0 unspecified atom stereocenters. The predicted molar refractivity (Wildman–Crippen MR) is 99.4 cm³/mol. The van der Waals surface area contributed by atoms with Crippen molar-refractivity contribution in [2.75, 3.05) is 0 Å². The van der Waals surface area contributed by atoms with Gasteiger partial charge in [0.05, 0.1) is 5.69 Å². The van der Waals surface area contributed by atoms with E-state index in [1.807, 2.05) is 0 Å². The van der Waals surface area contributed by atoms with Gasteiger partial charge in [-0.2, -0.15) is 5.10 Å². The van der Waals surface area contributed by atoms with Gasteiger partial charge in [-0.05, 0) is 55.1 Å². The molecule has 1 aliphatic carbocycles. The predicted octanol–water partition coefficient (Wildman–Crippen LogP) is 5.07. The molecule has 3 aromatic rings. The van der Waals surface area contributed by atoms with Crippen LogP contribution in [0.4, 0.5) is 0 Å². The van der Waals surface area contributed by atoms with E-state index in [1.165, 1.54) is 16.7 Å². The zero-order valence-corrected chi connectivity index (χ0v) is 14.8. The van der Waals surface area contributed by atoms with Gasteiger partial charge in [0.25, 0.3) is 0 Å². The molecule has 3 nitrogen and oxygen atoms in total. The van der Waals surface area contributed by atoms with Gasteiger partial charge in [-0.1, -0.05) is 55.0 Å². The van der Waals surface area contributed by atoms with Crippen LogP contribution in [-0.2, 0) is 6.42 Å². The van der Waals surface area contributed by atoms with Crippen molar-refractivity contribution in [3.05, 3.63) is 75.8 Å². The largest absolute Gasteiger partial charge is 0.272 e. The van der Waals surface area contributed by atoms with Crippen molar-refractivity contribution in [2.24, 2.45) is 0 Å². The summed E-state index contributed by atoms with van der Waals surface area (Å²) in [7, 11) is 0. The Kier molecular flexibility index (Phi) is 3.85. The van der Waals surface area contributed by atoms with Crippen LogP contribution in [0.1, 0.15) is 47.7 Å². The minimum absolute atomic E-state index is 0.436. The molecule has 1 aliphatic rings. The number of aromatic amines is 1. The van der Waals surface area contributed by atoms with Gasteiger partial charge in [-0.25, -0.2) is 0 Å². The number of para-hydroxylation sites is 1. The fraction of sp³-hybridized carbons (Fsp3) is 0.300. The van der Waals surface area contributed by atoms with E-state index in [0.29, 0.717) is 16.6 Å². The lowest BCUT2D eigenvalue weighted by atomic mass is 10.1. The Morgan fingerprint density at radius 1 is 1.12 bits per heavy atom. The van der Waals surface area contributed by atoms with E-state index in [9.17, 15) is 0 Å². The second kappa shape index (κ2) is 6.02. The summed E-state index contributed by atoms with van der Waals surface area (Å²) in [4.78, 5) is 0. The smallest absolute Gasteiger partial charge is 0.199 e. The van der Waals surface area contributed by atoms with Gasteiger partial charge in [0.15, 0.2) is 4.77 Å². The molecule has 0 aliphatic heterocycles. The lowest BCUT2D eigenvalue weighted by molar-refractivity contribution is 0.838. The quantitative estimate of drug-likeness (QED) is 0.675. The highest BCUT2D eigenvalue weighted by atomic mass is 32.1. The number of benzene rings is 2. The Morgan fingerprint density at radius 2 is 1.88 bits per heavy atom. The molecule has 4 rings (SSSR count). The Balaban J connectivity index is 1.72. The highest BCUT2D eigenvalue weighted by molar-refractivity contribution is 7.71. The number of rotatable bonds is 4. The third kappa shape index (κ3) is 2.61. The van der Waals surface area contributed by atoms with Crippen molar-refractivity contribution in [1.29, 1.82) is 0 Å². The van der Waals surface area contributed by atoms with E-state index in [4.69, 9.17) is 12.2 Å². The number of hydrogen-bond donors (Lipinski definition) is 1. The zero-order chi connectivity index (χ0) is 16.7. The van der Waals surface area contributed by atoms with Crippen molar-refractivity contribution >= 4 is 12.2 Å². The first-order valence-electron chi connectivity index (χ1n) is 8.51. The molecule has 122 valence electrons. The molecule has 1 saturated carbocycles. The Labute approximate surface area is 147 Å². The minimum Gasteiger partial charge on any atom is -0.272 e. The number of aromatic nitrogens is 3. The van der Waals surface area contributed by atoms with Crippen molar-refractivity contribution < 1.29 is 0 Å². The van der Waals surface area contributed by atoms with Gasteiger partial charge < -0.3 is 0 Å². The Morgan fingerprint density at radius 3 is 2.62 bits per heavy atom. The molecule has 1 aromatic heterocycles. The topological polar surface area (TPSA) is 33.6 Å². The van der Waals surface area contributed by atoms with Crippen LogP contribution >= 0.6 is 12.2 Å². The van der Waals surface area contributed by atoms with Gasteiger partial charge in [0, 0.05) is 5.92 Å². The first-order valence-corrected chi connectivity index (χ1v) is 8.92. The summed E-state index contributed by atoms with van der Waals surface area (Å²) in [6, 6.07) is 17.3. The van der Waals surface area contributed by atoms with Crippen LogP contribution in [0.3, 0.4) is 0 Å². The lowest BCUT2D eigenvalue weighted by Crippen LogP contribution is -2.04. The maximum Gasteiger partial charge on any atom is 0.199 e. The fourth-order valence-corrected chi connectivity index (χ4v) is 3.72. The molecule has 24 heavy (non-hydrogen) atoms. The molecule has 0 radical (unpaired) electrons. The van der Waals surface area contributed by atoms with Gasteiger partial charge in [0.1, 0.15) is 5.82 Å². The summed E-state index contributed by atoms with van der Waals surface area (Å²) in [5, 5.41) is 7.57. The average molecular weight is 335 g/mol.